The second-order valence-electron chi connectivity index (χ2n) is 4.39. The third kappa shape index (κ3) is 2.14. The number of rotatable bonds is 3. The molecule has 0 radical (unpaired) electrons. The van der Waals surface area contributed by atoms with E-state index in [0.29, 0.717) is 17.2 Å². The zero-order valence-corrected chi connectivity index (χ0v) is 10.8. The fraction of sp³-hybridized carbons (Fsp3) is 0.133. The van der Waals surface area contributed by atoms with Crippen molar-refractivity contribution in [3.63, 3.8) is 0 Å². The van der Waals surface area contributed by atoms with Crippen LogP contribution in [-0.4, -0.2) is 23.3 Å². The molecule has 0 saturated heterocycles. The normalized spacial score (nSPS) is 12.2. The van der Waals surface area contributed by atoms with Gasteiger partial charge in [-0.1, -0.05) is 6.07 Å². The van der Waals surface area contributed by atoms with Crippen LogP contribution in [0.5, 0.6) is 11.5 Å². The van der Waals surface area contributed by atoms with Gasteiger partial charge in [0.15, 0.2) is 11.5 Å². The molecule has 0 spiro atoms. The average Bonchev–Trinajstić information content (AvgIpc) is 2.93. The van der Waals surface area contributed by atoms with E-state index in [1.54, 1.807) is 31.2 Å². The molecule has 5 nitrogen and oxygen atoms in total. The highest BCUT2D eigenvalue weighted by Gasteiger charge is 2.22. The van der Waals surface area contributed by atoms with Crippen LogP contribution in [-0.2, 0) is 0 Å². The summed E-state index contributed by atoms with van der Waals surface area (Å²) in [4.78, 5) is 28.3. The molecule has 20 heavy (non-hydrogen) atoms. The molecular formula is C15H11NO4. The molecule has 5 heteroatoms. The van der Waals surface area contributed by atoms with Crippen LogP contribution < -0.4 is 9.47 Å². The first-order chi connectivity index (χ1) is 9.65. The molecule has 0 N–H and O–H groups in total. The lowest BCUT2D eigenvalue weighted by Gasteiger charge is -2.02. The number of pyridine rings is 1. The lowest BCUT2D eigenvalue weighted by molar-refractivity contribution is 0.0814. The van der Waals surface area contributed by atoms with E-state index >= 15 is 0 Å². The van der Waals surface area contributed by atoms with Gasteiger partial charge in [-0.25, -0.2) is 4.98 Å². The number of hydrogen-bond acceptors (Lipinski definition) is 5. The Balaban J connectivity index is 1.91. The molecule has 0 unspecified atom stereocenters. The van der Waals surface area contributed by atoms with E-state index in [9.17, 15) is 9.59 Å². The van der Waals surface area contributed by atoms with Gasteiger partial charge in [0.25, 0.3) is 5.78 Å². The number of ketones is 2. The van der Waals surface area contributed by atoms with E-state index in [2.05, 4.69) is 4.98 Å². The van der Waals surface area contributed by atoms with Gasteiger partial charge < -0.3 is 9.47 Å². The smallest absolute Gasteiger partial charge is 0.251 e. The number of aryl methyl sites for hydroxylation is 1. The number of ether oxygens (including phenoxy) is 2. The largest absolute Gasteiger partial charge is 0.454 e. The van der Waals surface area contributed by atoms with Crippen molar-refractivity contribution in [2.24, 2.45) is 0 Å². The third-order valence-electron chi connectivity index (χ3n) is 2.96. The minimum atomic E-state index is -0.632. The molecule has 0 fully saturated rings. The maximum Gasteiger partial charge on any atom is 0.251 e. The Morgan fingerprint density at radius 1 is 1.05 bits per heavy atom. The fourth-order valence-corrected chi connectivity index (χ4v) is 1.95. The highest BCUT2D eigenvalue weighted by molar-refractivity contribution is 6.48. The van der Waals surface area contributed by atoms with Crippen molar-refractivity contribution in [1.82, 2.24) is 4.98 Å². The predicted octanol–water partition coefficient (Wildman–Crippen LogP) is 2.18. The van der Waals surface area contributed by atoms with Crippen LogP contribution >= 0.6 is 0 Å². The van der Waals surface area contributed by atoms with E-state index < -0.39 is 11.6 Å². The Bertz CT molecular complexity index is 709. The molecule has 0 saturated carbocycles. The van der Waals surface area contributed by atoms with Crippen molar-refractivity contribution < 1.29 is 19.1 Å². The van der Waals surface area contributed by atoms with Crippen molar-refractivity contribution in [1.29, 1.82) is 0 Å². The molecule has 0 bridgehead atoms. The van der Waals surface area contributed by atoms with Crippen LogP contribution in [0.15, 0.2) is 36.4 Å². The molecule has 1 aliphatic rings. The first-order valence-electron chi connectivity index (χ1n) is 6.07. The quantitative estimate of drug-likeness (QED) is 0.631. The van der Waals surface area contributed by atoms with Crippen molar-refractivity contribution in [3.8, 4) is 11.5 Å². The lowest BCUT2D eigenvalue weighted by atomic mass is 10.0. The van der Waals surface area contributed by atoms with Gasteiger partial charge in [0.2, 0.25) is 12.6 Å². The zero-order valence-electron chi connectivity index (χ0n) is 10.8. The van der Waals surface area contributed by atoms with Gasteiger partial charge in [-0.3, -0.25) is 9.59 Å². The number of carbonyl (C=O) groups is 2. The van der Waals surface area contributed by atoms with Crippen LogP contribution in [0.4, 0.5) is 0 Å². The van der Waals surface area contributed by atoms with Gasteiger partial charge in [0, 0.05) is 11.3 Å². The van der Waals surface area contributed by atoms with Crippen LogP contribution in [0.3, 0.4) is 0 Å². The Labute approximate surface area is 115 Å². The van der Waals surface area contributed by atoms with Crippen molar-refractivity contribution in [2.45, 2.75) is 6.92 Å². The topological polar surface area (TPSA) is 65.5 Å². The molecule has 2 heterocycles. The number of carbonyl (C=O) groups excluding carboxylic acids is 2. The second kappa shape index (κ2) is 4.77. The maximum atomic E-state index is 12.2. The molecule has 100 valence electrons. The molecule has 0 aliphatic carbocycles. The molecule has 0 amide bonds. The van der Waals surface area contributed by atoms with Gasteiger partial charge in [0.1, 0.15) is 5.69 Å². The van der Waals surface area contributed by atoms with Gasteiger partial charge in [-0.05, 0) is 37.3 Å². The number of benzene rings is 1. The van der Waals surface area contributed by atoms with Crippen molar-refractivity contribution >= 4 is 11.6 Å². The number of nitrogens with zero attached hydrogens (tertiary/aromatic N) is 1. The number of Topliss-reactive ketones (excluding diaryl/α,β-unsaturated/α-hetero) is 2. The van der Waals surface area contributed by atoms with E-state index in [-0.39, 0.29) is 18.1 Å². The van der Waals surface area contributed by atoms with Crippen LogP contribution in [0.2, 0.25) is 0 Å². The number of aromatic nitrogens is 1. The average molecular weight is 269 g/mol. The molecule has 1 aliphatic heterocycles. The van der Waals surface area contributed by atoms with Crippen molar-refractivity contribution in [3.05, 3.63) is 53.3 Å². The maximum absolute atomic E-state index is 12.2. The van der Waals surface area contributed by atoms with Gasteiger partial charge in [0.05, 0.1) is 0 Å². The SMILES string of the molecule is Cc1cccc(C(=O)C(=O)c2ccc3c(c2)OCO3)n1. The molecule has 3 rings (SSSR count). The summed E-state index contributed by atoms with van der Waals surface area (Å²) >= 11 is 0. The number of hydrogen-bond donors (Lipinski definition) is 0. The summed E-state index contributed by atoms with van der Waals surface area (Å²) in [6.45, 7) is 1.89. The first kappa shape index (κ1) is 12.3. The Morgan fingerprint density at radius 3 is 2.65 bits per heavy atom. The molecule has 1 aromatic heterocycles. The molecule has 0 atom stereocenters. The monoisotopic (exact) mass is 269 g/mol. The summed E-state index contributed by atoms with van der Waals surface area (Å²) in [5.74, 6) is -0.197. The third-order valence-corrected chi connectivity index (χ3v) is 2.96. The standard InChI is InChI=1S/C15H11NO4/c1-9-3-2-4-11(16-9)15(18)14(17)10-5-6-12-13(7-10)20-8-19-12/h2-7H,8H2,1H3. The summed E-state index contributed by atoms with van der Waals surface area (Å²) in [7, 11) is 0. The summed E-state index contributed by atoms with van der Waals surface area (Å²) in [6, 6.07) is 9.67. The highest BCUT2D eigenvalue weighted by atomic mass is 16.7. The highest BCUT2D eigenvalue weighted by Crippen LogP contribution is 2.32. The zero-order chi connectivity index (χ0) is 14.1. The second-order valence-corrected chi connectivity index (χ2v) is 4.39. The fourth-order valence-electron chi connectivity index (χ4n) is 1.95. The van der Waals surface area contributed by atoms with Crippen LogP contribution in [0.1, 0.15) is 26.5 Å². The minimum Gasteiger partial charge on any atom is -0.454 e. The predicted molar refractivity (Wildman–Crippen MR) is 70.2 cm³/mol. The summed E-state index contributed by atoms with van der Waals surface area (Å²) in [6.07, 6.45) is 0. The first-order valence-corrected chi connectivity index (χ1v) is 6.07. The summed E-state index contributed by atoms with van der Waals surface area (Å²) < 4.78 is 10.4. The Hall–Kier alpha value is -2.69. The van der Waals surface area contributed by atoms with E-state index in [1.807, 2.05) is 0 Å². The van der Waals surface area contributed by atoms with Crippen molar-refractivity contribution in [2.75, 3.05) is 6.79 Å². The van der Waals surface area contributed by atoms with Crippen LogP contribution in [0, 0.1) is 6.92 Å². The lowest BCUT2D eigenvalue weighted by Crippen LogP contribution is -2.16. The summed E-state index contributed by atoms with van der Waals surface area (Å²) in [5.41, 5.74) is 1.10. The minimum absolute atomic E-state index is 0.125. The van der Waals surface area contributed by atoms with Gasteiger partial charge >= 0.3 is 0 Å². The van der Waals surface area contributed by atoms with Gasteiger partial charge in [-0.2, -0.15) is 0 Å². The molecule has 2 aromatic rings. The Kier molecular flexibility index (Phi) is 2.95. The molecular weight excluding hydrogens is 258 g/mol. The van der Waals surface area contributed by atoms with Gasteiger partial charge in [-0.15, -0.1) is 0 Å². The van der Waals surface area contributed by atoms with E-state index in [4.69, 9.17) is 9.47 Å². The van der Waals surface area contributed by atoms with E-state index in [0.717, 1.165) is 0 Å². The van der Waals surface area contributed by atoms with E-state index in [1.165, 1.54) is 12.1 Å². The summed E-state index contributed by atoms with van der Waals surface area (Å²) in [5, 5.41) is 0. The van der Waals surface area contributed by atoms with Crippen LogP contribution in [0.25, 0.3) is 0 Å². The number of fused-ring (bicyclic) bond motifs is 1. The molecule has 1 aromatic carbocycles. The Morgan fingerprint density at radius 2 is 1.85 bits per heavy atom.